The van der Waals surface area contributed by atoms with E-state index < -0.39 is 0 Å². The van der Waals surface area contributed by atoms with Crippen LogP contribution in [0.15, 0.2) is 24.3 Å². The van der Waals surface area contributed by atoms with Crippen molar-refractivity contribution in [1.29, 1.82) is 0 Å². The molecule has 2 amide bonds. The topological polar surface area (TPSA) is 61.4 Å². The molecule has 1 aliphatic heterocycles. The van der Waals surface area contributed by atoms with Gasteiger partial charge in [0.25, 0.3) is 0 Å². The van der Waals surface area contributed by atoms with Crippen LogP contribution in [0.1, 0.15) is 68.3 Å². The Kier molecular flexibility index (Phi) is 6.96. The van der Waals surface area contributed by atoms with Gasteiger partial charge in [-0.25, -0.2) is 14.8 Å². The molecule has 3 aromatic rings. The van der Waals surface area contributed by atoms with E-state index in [-0.39, 0.29) is 6.03 Å². The van der Waals surface area contributed by atoms with Crippen LogP contribution in [0.2, 0.25) is 0 Å². The molecule has 1 atom stereocenters. The lowest BCUT2D eigenvalue weighted by molar-refractivity contribution is 0.208. The fourth-order valence-electron chi connectivity index (χ4n) is 5.21. The van der Waals surface area contributed by atoms with Crippen LogP contribution in [0.25, 0.3) is 10.2 Å². The van der Waals surface area contributed by atoms with E-state index in [4.69, 9.17) is 9.97 Å². The Bertz CT molecular complexity index is 1190. The van der Waals surface area contributed by atoms with Gasteiger partial charge >= 0.3 is 6.03 Å². The van der Waals surface area contributed by atoms with Gasteiger partial charge in [-0.15, -0.1) is 11.3 Å². The average Bonchev–Trinajstić information content (AvgIpc) is 3.21. The number of nitrogens with one attached hydrogen (secondary N) is 1. The summed E-state index contributed by atoms with van der Waals surface area (Å²) >= 11 is 1.88. The average molecular weight is 492 g/mol. The minimum Gasteiger partial charge on any atom is -0.352 e. The molecule has 0 saturated carbocycles. The summed E-state index contributed by atoms with van der Waals surface area (Å²) in [6.45, 7) is 11.8. The fourth-order valence-corrected chi connectivity index (χ4v) is 6.60. The summed E-state index contributed by atoms with van der Waals surface area (Å²) < 4.78 is 0. The SMILES string of the molecule is CCCc1nc(N2CCN(C(=O)Nc3ccc(C(C)C)cc3)CC2)c2c3c(sc2n1)C[C@@H](C)CC3. The zero-order chi connectivity index (χ0) is 24.5. The van der Waals surface area contributed by atoms with E-state index in [1.807, 2.05) is 28.4 Å². The number of thiophene rings is 1. The smallest absolute Gasteiger partial charge is 0.321 e. The summed E-state index contributed by atoms with van der Waals surface area (Å²) in [6.07, 6.45) is 5.46. The van der Waals surface area contributed by atoms with Gasteiger partial charge in [0.2, 0.25) is 0 Å². The van der Waals surface area contributed by atoms with Gasteiger partial charge in [0.1, 0.15) is 16.5 Å². The molecule has 1 aliphatic carbocycles. The molecule has 186 valence electrons. The van der Waals surface area contributed by atoms with Crippen LogP contribution in [-0.4, -0.2) is 47.1 Å². The van der Waals surface area contributed by atoms with Gasteiger partial charge in [-0.05, 0) is 60.8 Å². The number of carbonyl (C=O) groups is 1. The number of aromatic nitrogens is 2. The zero-order valence-electron chi connectivity index (χ0n) is 21.4. The van der Waals surface area contributed by atoms with Crippen LogP contribution in [-0.2, 0) is 19.3 Å². The normalized spacial score (nSPS) is 18.3. The molecular weight excluding hydrogens is 454 g/mol. The van der Waals surface area contributed by atoms with Crippen molar-refractivity contribution in [2.75, 3.05) is 36.4 Å². The molecule has 3 heterocycles. The first-order valence-corrected chi connectivity index (χ1v) is 14.0. The van der Waals surface area contributed by atoms with Crippen molar-refractivity contribution in [2.24, 2.45) is 5.92 Å². The standard InChI is InChI=1S/C28H37N5OS/c1-5-6-24-30-26(25-22-12-7-19(4)17-23(22)35-27(25)31-24)32-13-15-33(16-14-32)28(34)29-21-10-8-20(9-11-21)18(2)3/h8-11,18-19H,5-7,12-17H2,1-4H3,(H,29,34)/t19-/m0/s1. The number of carbonyl (C=O) groups excluding carboxylic acids is 1. The lowest BCUT2D eigenvalue weighted by Crippen LogP contribution is -2.50. The lowest BCUT2D eigenvalue weighted by atomic mass is 9.89. The minimum atomic E-state index is -0.0247. The Morgan fingerprint density at radius 3 is 2.57 bits per heavy atom. The number of amides is 2. The van der Waals surface area contributed by atoms with Crippen LogP contribution in [0.5, 0.6) is 0 Å². The minimum absolute atomic E-state index is 0.0247. The van der Waals surface area contributed by atoms with Crippen molar-refractivity contribution in [3.63, 3.8) is 0 Å². The second-order valence-electron chi connectivity index (χ2n) is 10.4. The Balaban J connectivity index is 1.32. The van der Waals surface area contributed by atoms with Gasteiger partial charge in [0.15, 0.2) is 0 Å². The number of fused-ring (bicyclic) bond motifs is 3. The molecule has 1 fully saturated rings. The number of rotatable bonds is 5. The van der Waals surface area contributed by atoms with Crippen molar-refractivity contribution in [3.8, 4) is 0 Å². The van der Waals surface area contributed by atoms with Crippen molar-refractivity contribution >= 4 is 39.1 Å². The molecule has 0 bridgehead atoms. The number of nitrogens with zero attached hydrogens (tertiary/aromatic N) is 4. The van der Waals surface area contributed by atoms with Crippen LogP contribution in [0.4, 0.5) is 16.3 Å². The maximum atomic E-state index is 12.9. The van der Waals surface area contributed by atoms with Gasteiger partial charge in [-0.2, -0.15) is 0 Å². The highest BCUT2D eigenvalue weighted by Crippen LogP contribution is 2.41. The van der Waals surface area contributed by atoms with Gasteiger partial charge in [0.05, 0.1) is 5.39 Å². The van der Waals surface area contributed by atoms with Crippen molar-refractivity contribution in [3.05, 3.63) is 46.1 Å². The van der Waals surface area contributed by atoms with Crippen molar-refractivity contribution in [2.45, 2.75) is 65.7 Å². The quantitative estimate of drug-likeness (QED) is 0.458. The van der Waals surface area contributed by atoms with Crippen LogP contribution < -0.4 is 10.2 Å². The first-order valence-electron chi connectivity index (χ1n) is 13.1. The molecule has 0 unspecified atom stereocenters. The summed E-state index contributed by atoms with van der Waals surface area (Å²) in [6, 6.07) is 8.15. The number of piperazine rings is 1. The zero-order valence-corrected chi connectivity index (χ0v) is 22.2. The monoisotopic (exact) mass is 491 g/mol. The second kappa shape index (κ2) is 10.1. The van der Waals surface area contributed by atoms with Crippen molar-refractivity contribution in [1.82, 2.24) is 14.9 Å². The highest BCUT2D eigenvalue weighted by molar-refractivity contribution is 7.19. The maximum Gasteiger partial charge on any atom is 0.321 e. The Hall–Kier alpha value is -2.67. The molecule has 35 heavy (non-hydrogen) atoms. The highest BCUT2D eigenvalue weighted by Gasteiger charge is 2.28. The maximum absolute atomic E-state index is 12.9. The summed E-state index contributed by atoms with van der Waals surface area (Å²) in [5, 5.41) is 4.35. The molecule has 1 aromatic carbocycles. The molecule has 1 saturated heterocycles. The molecule has 7 heteroatoms. The molecule has 0 radical (unpaired) electrons. The van der Waals surface area contributed by atoms with Gasteiger partial charge in [-0.1, -0.05) is 39.8 Å². The van der Waals surface area contributed by atoms with E-state index in [0.717, 1.165) is 66.9 Å². The third-order valence-electron chi connectivity index (χ3n) is 7.35. The first-order chi connectivity index (χ1) is 16.9. The third kappa shape index (κ3) is 5.01. The summed E-state index contributed by atoms with van der Waals surface area (Å²) in [5.41, 5.74) is 3.61. The Labute approximate surface area is 212 Å². The summed E-state index contributed by atoms with van der Waals surface area (Å²) in [4.78, 5) is 29.9. The molecule has 5 rings (SSSR count). The van der Waals surface area contributed by atoms with Gasteiger partial charge < -0.3 is 15.1 Å². The Morgan fingerprint density at radius 1 is 1.14 bits per heavy atom. The predicted molar refractivity (Wildman–Crippen MR) is 146 cm³/mol. The van der Waals surface area contributed by atoms with E-state index in [9.17, 15) is 4.79 Å². The van der Waals surface area contributed by atoms with Crippen LogP contribution >= 0.6 is 11.3 Å². The number of benzene rings is 1. The number of aryl methyl sites for hydroxylation is 2. The van der Waals surface area contributed by atoms with Crippen LogP contribution in [0.3, 0.4) is 0 Å². The van der Waals surface area contributed by atoms with Gasteiger partial charge in [0, 0.05) is 43.2 Å². The molecular formula is C28H37N5OS. The summed E-state index contributed by atoms with van der Waals surface area (Å²) in [5.74, 6) is 3.27. The molecule has 0 spiro atoms. The number of hydrogen-bond acceptors (Lipinski definition) is 5. The number of anilines is 2. The summed E-state index contributed by atoms with van der Waals surface area (Å²) in [7, 11) is 0. The van der Waals surface area contributed by atoms with E-state index in [1.54, 1.807) is 0 Å². The Morgan fingerprint density at radius 2 is 1.89 bits per heavy atom. The number of hydrogen-bond donors (Lipinski definition) is 1. The van der Waals surface area contributed by atoms with Gasteiger partial charge in [-0.3, -0.25) is 0 Å². The van der Waals surface area contributed by atoms with E-state index in [2.05, 4.69) is 50.0 Å². The number of urea groups is 1. The molecule has 2 aromatic heterocycles. The van der Waals surface area contributed by atoms with Crippen molar-refractivity contribution < 1.29 is 4.79 Å². The second-order valence-corrected chi connectivity index (χ2v) is 11.5. The molecule has 2 aliphatic rings. The molecule has 1 N–H and O–H groups in total. The predicted octanol–water partition coefficient (Wildman–Crippen LogP) is 6.25. The van der Waals surface area contributed by atoms with E-state index in [0.29, 0.717) is 19.0 Å². The first kappa shape index (κ1) is 24.0. The largest absolute Gasteiger partial charge is 0.352 e. The lowest BCUT2D eigenvalue weighted by Gasteiger charge is -2.36. The van der Waals surface area contributed by atoms with E-state index >= 15 is 0 Å². The van der Waals surface area contributed by atoms with E-state index in [1.165, 1.54) is 27.8 Å². The highest BCUT2D eigenvalue weighted by atomic mass is 32.1. The fraction of sp³-hybridized carbons (Fsp3) is 0.536. The third-order valence-corrected chi connectivity index (χ3v) is 8.50. The molecule has 6 nitrogen and oxygen atoms in total. The van der Waals surface area contributed by atoms with Crippen LogP contribution in [0, 0.1) is 5.92 Å².